The van der Waals surface area contributed by atoms with E-state index >= 15 is 0 Å². The van der Waals surface area contributed by atoms with Crippen molar-refractivity contribution < 1.29 is 4.79 Å². The molecule has 1 unspecified atom stereocenters. The summed E-state index contributed by atoms with van der Waals surface area (Å²) >= 11 is 3.80. The van der Waals surface area contributed by atoms with Crippen LogP contribution in [-0.2, 0) is 6.42 Å². The monoisotopic (exact) mass is 323 g/mol. The van der Waals surface area contributed by atoms with Crippen molar-refractivity contribution in [3.05, 3.63) is 34.9 Å². The Morgan fingerprint density at radius 2 is 2.16 bits per heavy atom. The van der Waals surface area contributed by atoms with Crippen LogP contribution in [0.3, 0.4) is 0 Å². The average molecular weight is 324 g/mol. The number of hydrogen-bond acceptors (Lipinski definition) is 1. The molecule has 19 heavy (non-hydrogen) atoms. The van der Waals surface area contributed by atoms with Crippen molar-refractivity contribution in [3.63, 3.8) is 0 Å². The Hall–Kier alpha value is -0.830. The van der Waals surface area contributed by atoms with Gasteiger partial charge in [-0.05, 0) is 41.9 Å². The Morgan fingerprint density at radius 1 is 1.42 bits per heavy atom. The maximum Gasteiger partial charge on any atom is 0.251 e. The number of carbonyl (C=O) groups excluding carboxylic acids is 1. The molecule has 2 rings (SSSR count). The second-order valence-electron chi connectivity index (χ2n) is 5.98. The van der Waals surface area contributed by atoms with Crippen LogP contribution in [-0.4, -0.2) is 12.5 Å². The molecule has 1 heterocycles. The minimum absolute atomic E-state index is 0.0726. The molecule has 1 atom stereocenters. The fourth-order valence-electron chi connectivity index (χ4n) is 2.39. The summed E-state index contributed by atoms with van der Waals surface area (Å²) in [5.74, 6) is 0.0726. The molecule has 0 fully saturated rings. The fraction of sp³-hybridized carbons (Fsp3) is 0.562. The quantitative estimate of drug-likeness (QED) is 0.828. The number of alkyl halides is 1. The maximum atomic E-state index is 12.1. The van der Waals surface area contributed by atoms with E-state index < -0.39 is 0 Å². The van der Waals surface area contributed by atoms with Crippen molar-refractivity contribution in [1.82, 2.24) is 5.32 Å². The second kappa shape index (κ2) is 5.66. The first-order valence-corrected chi connectivity index (χ1v) is 7.92. The van der Waals surface area contributed by atoms with Crippen molar-refractivity contribution in [2.75, 3.05) is 6.54 Å². The summed E-state index contributed by atoms with van der Waals surface area (Å²) in [5.41, 5.74) is 3.40. The van der Waals surface area contributed by atoms with Gasteiger partial charge in [0.1, 0.15) is 0 Å². The first kappa shape index (κ1) is 14.6. The smallest absolute Gasteiger partial charge is 0.251 e. The fourth-order valence-corrected chi connectivity index (χ4v) is 3.00. The molecular formula is C16H22BrNO. The van der Waals surface area contributed by atoms with Gasteiger partial charge in [0.05, 0.1) is 0 Å². The van der Waals surface area contributed by atoms with Crippen LogP contribution in [0.1, 0.15) is 59.9 Å². The van der Waals surface area contributed by atoms with Crippen LogP contribution < -0.4 is 5.32 Å². The third-order valence-electron chi connectivity index (χ3n) is 4.18. The zero-order valence-electron chi connectivity index (χ0n) is 11.9. The Morgan fingerprint density at radius 3 is 2.84 bits per heavy atom. The lowest BCUT2D eigenvalue weighted by Gasteiger charge is -2.29. The summed E-state index contributed by atoms with van der Waals surface area (Å²) in [6.45, 7) is 7.47. The third kappa shape index (κ3) is 3.02. The second-order valence-corrected chi connectivity index (χ2v) is 6.90. The van der Waals surface area contributed by atoms with Gasteiger partial charge in [-0.2, -0.15) is 0 Å². The molecule has 1 N–H and O–H groups in total. The Bertz CT molecular complexity index is 482. The summed E-state index contributed by atoms with van der Waals surface area (Å²) in [6, 6.07) is 6.34. The first-order valence-electron chi connectivity index (χ1n) is 7.01. The zero-order chi connectivity index (χ0) is 14.0. The van der Waals surface area contributed by atoms with E-state index in [9.17, 15) is 4.79 Å². The summed E-state index contributed by atoms with van der Waals surface area (Å²) in [4.78, 5) is 12.3. The van der Waals surface area contributed by atoms with E-state index in [2.05, 4.69) is 60.2 Å². The van der Waals surface area contributed by atoms with Crippen molar-refractivity contribution in [2.24, 2.45) is 5.41 Å². The van der Waals surface area contributed by atoms with E-state index in [4.69, 9.17) is 0 Å². The Kier molecular flexibility index (Phi) is 4.34. The molecule has 1 aromatic rings. The van der Waals surface area contributed by atoms with Crippen LogP contribution in [0.2, 0.25) is 0 Å². The highest BCUT2D eigenvalue weighted by Gasteiger charge is 2.28. The minimum Gasteiger partial charge on any atom is -0.352 e. The number of fused-ring (bicyclic) bond motifs is 1. The molecule has 1 aliphatic rings. The van der Waals surface area contributed by atoms with Crippen LogP contribution >= 0.6 is 15.9 Å². The summed E-state index contributed by atoms with van der Waals surface area (Å²) in [5, 5.41) is 2.97. The molecule has 0 saturated heterocycles. The number of hydrogen-bond donors (Lipinski definition) is 1. The molecule has 0 aromatic heterocycles. The molecule has 104 valence electrons. The largest absolute Gasteiger partial charge is 0.352 e. The number of nitrogens with one attached hydrogen (secondary N) is 1. The van der Waals surface area contributed by atoms with E-state index in [1.165, 1.54) is 11.1 Å². The van der Waals surface area contributed by atoms with Gasteiger partial charge >= 0.3 is 0 Å². The predicted molar refractivity (Wildman–Crippen MR) is 82.8 cm³/mol. The lowest BCUT2D eigenvalue weighted by molar-refractivity contribution is 0.0956. The molecule has 0 bridgehead atoms. The lowest BCUT2D eigenvalue weighted by atomic mass is 9.82. The van der Waals surface area contributed by atoms with E-state index in [-0.39, 0.29) is 16.1 Å². The number of amides is 1. The molecule has 0 aliphatic carbocycles. The first-order chi connectivity index (χ1) is 8.95. The molecule has 0 spiro atoms. The predicted octanol–water partition coefficient (Wildman–Crippen LogP) is 4.23. The maximum absolute atomic E-state index is 12.1. The molecule has 1 aromatic carbocycles. The van der Waals surface area contributed by atoms with Gasteiger partial charge in [0.2, 0.25) is 0 Å². The molecule has 1 amide bonds. The van der Waals surface area contributed by atoms with Crippen molar-refractivity contribution in [1.29, 1.82) is 0 Å². The molecular weight excluding hydrogens is 302 g/mol. The highest BCUT2D eigenvalue weighted by atomic mass is 79.9. The third-order valence-corrected chi connectivity index (χ3v) is 5.95. The number of benzene rings is 1. The molecule has 1 aliphatic heterocycles. The van der Waals surface area contributed by atoms with Gasteiger partial charge in [-0.25, -0.2) is 0 Å². The van der Waals surface area contributed by atoms with E-state index in [0.29, 0.717) is 0 Å². The van der Waals surface area contributed by atoms with Crippen molar-refractivity contribution in [2.45, 2.75) is 44.9 Å². The van der Waals surface area contributed by atoms with Crippen LogP contribution in [0.25, 0.3) is 0 Å². The van der Waals surface area contributed by atoms with Gasteiger partial charge in [-0.3, -0.25) is 4.79 Å². The van der Waals surface area contributed by atoms with E-state index in [1.807, 2.05) is 0 Å². The number of aryl methyl sites for hydroxylation is 1. The number of halogens is 1. The van der Waals surface area contributed by atoms with Gasteiger partial charge in [0.25, 0.3) is 5.91 Å². The molecule has 0 radical (unpaired) electrons. The van der Waals surface area contributed by atoms with Gasteiger partial charge in [-0.15, -0.1) is 0 Å². The molecule has 2 nitrogen and oxygen atoms in total. The van der Waals surface area contributed by atoms with Gasteiger partial charge in [0.15, 0.2) is 0 Å². The van der Waals surface area contributed by atoms with Crippen molar-refractivity contribution in [3.8, 4) is 0 Å². The average Bonchev–Trinajstić information content (AvgIpc) is 2.59. The topological polar surface area (TPSA) is 29.1 Å². The number of rotatable bonds is 3. The highest BCUT2D eigenvalue weighted by molar-refractivity contribution is 9.09. The zero-order valence-corrected chi connectivity index (χ0v) is 13.5. The van der Waals surface area contributed by atoms with Crippen LogP contribution in [0, 0.1) is 5.41 Å². The summed E-state index contributed by atoms with van der Waals surface area (Å²) < 4.78 is 0. The minimum atomic E-state index is 0.0726. The van der Waals surface area contributed by atoms with E-state index in [1.54, 1.807) is 0 Å². The van der Waals surface area contributed by atoms with Crippen LogP contribution in [0.15, 0.2) is 18.2 Å². The van der Waals surface area contributed by atoms with Crippen molar-refractivity contribution >= 4 is 21.8 Å². The van der Waals surface area contributed by atoms with Gasteiger partial charge < -0.3 is 5.32 Å². The van der Waals surface area contributed by atoms with Gasteiger partial charge in [-0.1, -0.05) is 48.8 Å². The highest BCUT2D eigenvalue weighted by Crippen LogP contribution is 2.43. The van der Waals surface area contributed by atoms with E-state index in [0.717, 1.165) is 31.4 Å². The Balaban J connectivity index is 2.37. The standard InChI is InChI=1S/C16H22BrNO/c1-4-16(2,3)14(17)12-8-7-11-6-5-9-18-15(19)13(11)10-12/h7-8,10,14H,4-6,9H2,1-3H3,(H,18,19). The lowest BCUT2D eigenvalue weighted by Crippen LogP contribution is -2.23. The van der Waals surface area contributed by atoms with Crippen LogP contribution in [0.4, 0.5) is 0 Å². The normalized spacial score (nSPS) is 17.4. The van der Waals surface area contributed by atoms with Crippen LogP contribution in [0.5, 0.6) is 0 Å². The summed E-state index contributed by atoms with van der Waals surface area (Å²) in [7, 11) is 0. The molecule has 0 saturated carbocycles. The van der Waals surface area contributed by atoms with Gasteiger partial charge in [0, 0.05) is 16.9 Å². The number of carbonyl (C=O) groups is 1. The molecule has 3 heteroatoms. The summed E-state index contributed by atoms with van der Waals surface area (Å²) in [6.07, 6.45) is 3.10. The Labute approximate surface area is 124 Å². The SMILES string of the molecule is CCC(C)(C)C(Br)c1ccc2c(c1)C(=O)NCCC2.